The van der Waals surface area contributed by atoms with E-state index in [1.807, 2.05) is 0 Å². The molecular weight excluding hydrogens is 542 g/mol. The fourth-order valence-electron chi connectivity index (χ4n) is 1.76. The van der Waals surface area contributed by atoms with Gasteiger partial charge in [-0.1, -0.05) is 46.4 Å². The molecule has 33 heavy (non-hydrogen) atoms. The van der Waals surface area contributed by atoms with E-state index in [4.69, 9.17) is 66.8 Å². The molecule has 0 atom stereocenters. The monoisotopic (exact) mass is 560 g/mol. The third kappa shape index (κ3) is 16.2. The zero-order valence-corrected chi connectivity index (χ0v) is 21.6. The van der Waals surface area contributed by atoms with Crippen LogP contribution >= 0.6 is 46.4 Å². The maximum absolute atomic E-state index is 8.70. The Hall–Kier alpha value is -2.05. The zero-order valence-electron chi connectivity index (χ0n) is 17.0. The number of benzene rings is 4. The van der Waals surface area contributed by atoms with E-state index in [0.29, 0.717) is 20.1 Å². The Morgan fingerprint density at radius 3 is 0.515 bits per heavy atom. The first-order valence-corrected chi connectivity index (χ1v) is 10.4. The van der Waals surface area contributed by atoms with E-state index >= 15 is 0 Å². The van der Waals surface area contributed by atoms with Crippen LogP contribution < -0.4 is 0 Å². The summed E-state index contributed by atoms with van der Waals surface area (Å²) in [6.45, 7) is 0. The topological polar surface area (TPSA) is 80.9 Å². The second-order valence-electron chi connectivity index (χ2n) is 5.91. The summed E-state index contributed by atoms with van der Waals surface area (Å²) < 4.78 is 0. The average Bonchev–Trinajstić information content (AvgIpc) is 2.78. The number of phenols is 4. The van der Waals surface area contributed by atoms with Crippen LogP contribution in [0.15, 0.2) is 97.1 Å². The van der Waals surface area contributed by atoms with E-state index in [9.17, 15) is 0 Å². The molecule has 0 amide bonds. The number of hydrogen-bond acceptors (Lipinski definition) is 4. The van der Waals surface area contributed by atoms with Crippen LogP contribution in [0.4, 0.5) is 0 Å². The Morgan fingerprint density at radius 2 is 0.424 bits per heavy atom. The molecule has 0 heterocycles. The van der Waals surface area contributed by atoms with Gasteiger partial charge in [-0.05, 0) is 97.1 Å². The third-order valence-electron chi connectivity index (χ3n) is 3.31. The van der Waals surface area contributed by atoms with Crippen LogP contribution in [-0.2, 0) is 21.7 Å². The summed E-state index contributed by atoms with van der Waals surface area (Å²) in [5.41, 5.74) is 0. The van der Waals surface area contributed by atoms with Crippen molar-refractivity contribution in [2.24, 2.45) is 0 Å². The van der Waals surface area contributed by atoms with Crippen LogP contribution in [0.3, 0.4) is 0 Å². The fourth-order valence-corrected chi connectivity index (χ4v) is 2.27. The minimum Gasteiger partial charge on any atom is -0.508 e. The van der Waals surface area contributed by atoms with Gasteiger partial charge >= 0.3 is 0 Å². The van der Waals surface area contributed by atoms with Crippen molar-refractivity contribution in [1.29, 1.82) is 0 Å². The number of hydrogen-bond donors (Lipinski definition) is 4. The average molecular weight is 562 g/mol. The van der Waals surface area contributed by atoms with Gasteiger partial charge in [0.2, 0.25) is 0 Å². The fraction of sp³-hybridized carbons (Fsp3) is 0. The van der Waals surface area contributed by atoms with Gasteiger partial charge in [0.15, 0.2) is 0 Å². The Balaban J connectivity index is 0.000000410. The first kappa shape index (κ1) is 31.0. The summed E-state index contributed by atoms with van der Waals surface area (Å²) in [5.74, 6) is 0.979. The molecule has 0 aliphatic carbocycles. The molecule has 4 aromatic carbocycles. The molecule has 4 rings (SSSR count). The van der Waals surface area contributed by atoms with Gasteiger partial charge in [0.1, 0.15) is 23.0 Å². The predicted molar refractivity (Wildman–Crippen MR) is 132 cm³/mol. The summed E-state index contributed by atoms with van der Waals surface area (Å²) in [7, 11) is 0. The molecule has 0 radical (unpaired) electrons. The van der Waals surface area contributed by atoms with E-state index in [0.717, 1.165) is 0 Å². The van der Waals surface area contributed by atoms with Gasteiger partial charge < -0.3 is 20.4 Å². The second kappa shape index (κ2) is 17.4. The van der Waals surface area contributed by atoms with Crippen molar-refractivity contribution in [1.82, 2.24) is 0 Å². The van der Waals surface area contributed by atoms with Crippen LogP contribution in [0.25, 0.3) is 0 Å². The van der Waals surface area contributed by atoms with Gasteiger partial charge in [0.25, 0.3) is 0 Å². The van der Waals surface area contributed by atoms with Crippen LogP contribution in [0.5, 0.6) is 23.0 Å². The smallest absolute Gasteiger partial charge is 0.115 e. The molecule has 4 aromatic rings. The van der Waals surface area contributed by atoms with Crippen molar-refractivity contribution in [2.45, 2.75) is 0 Å². The molecule has 0 saturated carbocycles. The van der Waals surface area contributed by atoms with Crippen molar-refractivity contribution in [3.05, 3.63) is 117 Å². The number of halogens is 4. The largest absolute Gasteiger partial charge is 0.508 e. The van der Waals surface area contributed by atoms with Crippen molar-refractivity contribution in [2.75, 3.05) is 0 Å². The quantitative estimate of drug-likeness (QED) is 0.163. The molecule has 0 saturated heterocycles. The van der Waals surface area contributed by atoms with Gasteiger partial charge in [-0.25, -0.2) is 0 Å². The number of aromatic hydroxyl groups is 4. The van der Waals surface area contributed by atoms with E-state index in [2.05, 4.69) is 0 Å². The van der Waals surface area contributed by atoms with Crippen LogP contribution in [0, 0.1) is 0 Å². The zero-order chi connectivity index (χ0) is 23.9. The van der Waals surface area contributed by atoms with E-state index in [1.165, 1.54) is 0 Å². The Morgan fingerprint density at radius 1 is 0.303 bits per heavy atom. The first-order chi connectivity index (χ1) is 15.2. The molecule has 172 valence electrons. The first-order valence-electron chi connectivity index (χ1n) is 8.94. The SMILES string of the molecule is Oc1ccc(Cl)cc1.Oc1ccc(Cl)cc1.Oc1ccc(Cl)cc1.Oc1ccc(Cl)cc1.[Ti]. The predicted octanol–water partition coefficient (Wildman–Crippen LogP) is 8.18. The summed E-state index contributed by atoms with van der Waals surface area (Å²) in [6.07, 6.45) is 0. The molecule has 0 aliphatic heterocycles. The minimum atomic E-state index is 0. The summed E-state index contributed by atoms with van der Waals surface area (Å²) in [4.78, 5) is 0. The number of rotatable bonds is 0. The molecule has 0 bridgehead atoms. The van der Waals surface area contributed by atoms with Crippen LogP contribution in [-0.4, -0.2) is 20.4 Å². The number of phenolic OH excluding ortho intramolecular Hbond substituents is 4. The molecular formula is C24H20Cl4O4Ti. The molecule has 4 nitrogen and oxygen atoms in total. The minimum absolute atomic E-state index is 0. The molecule has 0 fully saturated rings. The van der Waals surface area contributed by atoms with Gasteiger partial charge in [0, 0.05) is 41.8 Å². The molecule has 4 N–H and O–H groups in total. The maximum Gasteiger partial charge on any atom is 0.115 e. The van der Waals surface area contributed by atoms with Crippen LogP contribution in [0.2, 0.25) is 20.1 Å². The van der Waals surface area contributed by atoms with Crippen molar-refractivity contribution < 1.29 is 42.1 Å². The Labute approximate surface area is 227 Å². The molecule has 0 unspecified atom stereocenters. The molecule has 0 spiro atoms. The van der Waals surface area contributed by atoms with Gasteiger partial charge in [-0.3, -0.25) is 0 Å². The van der Waals surface area contributed by atoms with Crippen molar-refractivity contribution in [3.63, 3.8) is 0 Å². The molecule has 0 aliphatic rings. The normalized spacial score (nSPS) is 8.85. The van der Waals surface area contributed by atoms with Crippen LogP contribution in [0.1, 0.15) is 0 Å². The summed E-state index contributed by atoms with van der Waals surface area (Å²) in [5, 5.41) is 37.4. The van der Waals surface area contributed by atoms with Gasteiger partial charge in [0.05, 0.1) is 0 Å². The summed E-state index contributed by atoms with van der Waals surface area (Å²) >= 11 is 22.0. The van der Waals surface area contributed by atoms with E-state index in [1.54, 1.807) is 97.1 Å². The van der Waals surface area contributed by atoms with Gasteiger partial charge in [-0.2, -0.15) is 0 Å². The summed E-state index contributed by atoms with van der Waals surface area (Å²) in [6, 6.07) is 25.4. The molecule has 9 heteroatoms. The standard InChI is InChI=1S/4C6H5ClO.Ti/c4*7-5-1-3-6(8)4-2-5;/h4*1-4,8H;. The third-order valence-corrected chi connectivity index (χ3v) is 4.31. The maximum atomic E-state index is 8.70. The van der Waals surface area contributed by atoms with Crippen molar-refractivity contribution in [3.8, 4) is 23.0 Å². The van der Waals surface area contributed by atoms with E-state index < -0.39 is 0 Å². The Bertz CT molecular complexity index is 770. The Kier molecular flexibility index (Phi) is 16.4. The second-order valence-corrected chi connectivity index (χ2v) is 7.65. The molecule has 0 aromatic heterocycles. The van der Waals surface area contributed by atoms with E-state index in [-0.39, 0.29) is 44.7 Å². The van der Waals surface area contributed by atoms with Gasteiger partial charge in [-0.15, -0.1) is 0 Å². The van der Waals surface area contributed by atoms with Crippen molar-refractivity contribution >= 4 is 46.4 Å².